The molecule has 1 aliphatic rings. The minimum Gasteiger partial charge on any atom is -0.376 e. The summed E-state index contributed by atoms with van der Waals surface area (Å²) in [4.78, 5) is 12.0. The van der Waals surface area contributed by atoms with Crippen molar-refractivity contribution in [3.8, 4) is 6.07 Å². The van der Waals surface area contributed by atoms with E-state index in [1.807, 2.05) is 6.07 Å². The molecular formula is C16H17FN2O2. The van der Waals surface area contributed by atoms with Crippen molar-refractivity contribution in [2.45, 2.75) is 25.9 Å². The number of carbonyl (C=O) groups excluding carboxylic acids is 1. The molecule has 1 aromatic carbocycles. The third-order valence-electron chi connectivity index (χ3n) is 3.37. The molecule has 0 aliphatic carbocycles. The number of carbonyl (C=O) groups is 1. The predicted molar refractivity (Wildman–Crippen MR) is 76.7 cm³/mol. The Balaban J connectivity index is 2.03. The van der Waals surface area contributed by atoms with Crippen molar-refractivity contribution < 1.29 is 13.9 Å². The van der Waals surface area contributed by atoms with E-state index in [9.17, 15) is 9.18 Å². The van der Waals surface area contributed by atoms with E-state index >= 15 is 0 Å². The molecule has 0 aromatic heterocycles. The molecule has 21 heavy (non-hydrogen) atoms. The standard InChI is InChI=1S/C16H17FN2O2/c1-11-7-12(4-5-15(11)17)8-13(9-18)16(20)19-10-14-3-2-6-21-14/h4-5,7-8,14H,2-3,6,10H2,1H3,(H,19,20)/b13-8-/t14-/m0/s1. The lowest BCUT2D eigenvalue weighted by Crippen LogP contribution is -2.32. The first-order valence-corrected chi connectivity index (χ1v) is 6.88. The zero-order chi connectivity index (χ0) is 15.2. The molecular weight excluding hydrogens is 271 g/mol. The van der Waals surface area contributed by atoms with E-state index in [1.165, 1.54) is 18.2 Å². The second kappa shape index (κ2) is 7.00. The highest BCUT2D eigenvalue weighted by molar-refractivity contribution is 6.01. The van der Waals surface area contributed by atoms with Crippen LogP contribution in [0.2, 0.25) is 0 Å². The highest BCUT2D eigenvalue weighted by atomic mass is 19.1. The highest BCUT2D eigenvalue weighted by Gasteiger charge is 2.17. The summed E-state index contributed by atoms with van der Waals surface area (Å²) in [6.07, 6.45) is 3.40. The number of benzene rings is 1. The Kier molecular flexibility index (Phi) is 5.07. The Hall–Kier alpha value is -2.19. The number of hydrogen-bond donors (Lipinski definition) is 1. The van der Waals surface area contributed by atoms with Crippen LogP contribution in [-0.2, 0) is 9.53 Å². The number of ether oxygens (including phenoxy) is 1. The number of rotatable bonds is 4. The van der Waals surface area contributed by atoms with Crippen LogP contribution in [0.1, 0.15) is 24.0 Å². The van der Waals surface area contributed by atoms with Crippen LogP contribution in [0.3, 0.4) is 0 Å². The van der Waals surface area contributed by atoms with Gasteiger partial charge in [0.15, 0.2) is 0 Å². The largest absolute Gasteiger partial charge is 0.376 e. The number of halogens is 1. The van der Waals surface area contributed by atoms with Crippen molar-refractivity contribution in [1.29, 1.82) is 5.26 Å². The van der Waals surface area contributed by atoms with Crippen molar-refractivity contribution in [1.82, 2.24) is 5.32 Å². The molecule has 0 unspecified atom stereocenters. The average molecular weight is 288 g/mol. The number of nitrogens with zero attached hydrogens (tertiary/aromatic N) is 1. The molecule has 1 fully saturated rings. The van der Waals surface area contributed by atoms with Gasteiger partial charge < -0.3 is 10.1 Å². The molecule has 4 nitrogen and oxygen atoms in total. The molecule has 0 saturated carbocycles. The third kappa shape index (κ3) is 4.14. The van der Waals surface area contributed by atoms with Gasteiger partial charge in [-0.25, -0.2) is 4.39 Å². The van der Waals surface area contributed by atoms with Crippen LogP contribution < -0.4 is 5.32 Å². The van der Waals surface area contributed by atoms with Crippen LogP contribution in [0.5, 0.6) is 0 Å². The van der Waals surface area contributed by atoms with Gasteiger partial charge in [-0.3, -0.25) is 4.79 Å². The van der Waals surface area contributed by atoms with E-state index in [1.54, 1.807) is 13.0 Å². The summed E-state index contributed by atoms with van der Waals surface area (Å²) in [7, 11) is 0. The second-order valence-electron chi connectivity index (χ2n) is 5.02. The normalized spacial score (nSPS) is 18.3. The fourth-order valence-corrected chi connectivity index (χ4v) is 2.18. The van der Waals surface area contributed by atoms with Crippen LogP contribution in [0, 0.1) is 24.1 Å². The van der Waals surface area contributed by atoms with E-state index in [0.29, 0.717) is 17.7 Å². The van der Waals surface area contributed by atoms with Gasteiger partial charge in [0.2, 0.25) is 0 Å². The summed E-state index contributed by atoms with van der Waals surface area (Å²) in [5.74, 6) is -0.747. The zero-order valence-corrected chi connectivity index (χ0v) is 11.9. The molecule has 1 heterocycles. The first kappa shape index (κ1) is 15.2. The Labute approximate surface area is 123 Å². The second-order valence-corrected chi connectivity index (χ2v) is 5.02. The van der Waals surface area contributed by atoms with Crippen LogP contribution in [0.25, 0.3) is 6.08 Å². The lowest BCUT2D eigenvalue weighted by molar-refractivity contribution is -0.117. The Morgan fingerprint density at radius 2 is 2.43 bits per heavy atom. The molecule has 0 radical (unpaired) electrons. The number of nitriles is 1. The summed E-state index contributed by atoms with van der Waals surface area (Å²) in [5.41, 5.74) is 1.09. The summed E-state index contributed by atoms with van der Waals surface area (Å²) < 4.78 is 18.6. The van der Waals surface area contributed by atoms with Crippen LogP contribution in [0.4, 0.5) is 4.39 Å². The number of nitrogens with one attached hydrogen (secondary N) is 1. The molecule has 2 rings (SSSR count). The summed E-state index contributed by atoms with van der Waals surface area (Å²) in [5, 5.41) is 11.8. The molecule has 1 N–H and O–H groups in total. The average Bonchev–Trinajstić information content (AvgIpc) is 2.99. The van der Waals surface area contributed by atoms with Gasteiger partial charge in [-0.2, -0.15) is 5.26 Å². The van der Waals surface area contributed by atoms with Crippen LogP contribution in [-0.4, -0.2) is 25.2 Å². The highest BCUT2D eigenvalue weighted by Crippen LogP contribution is 2.13. The van der Waals surface area contributed by atoms with Crippen LogP contribution in [0.15, 0.2) is 23.8 Å². The fourth-order valence-electron chi connectivity index (χ4n) is 2.18. The van der Waals surface area contributed by atoms with Crippen molar-refractivity contribution in [3.05, 3.63) is 40.7 Å². The number of hydrogen-bond acceptors (Lipinski definition) is 3. The van der Waals surface area contributed by atoms with Crippen molar-refractivity contribution in [2.24, 2.45) is 0 Å². The quantitative estimate of drug-likeness (QED) is 0.683. The van der Waals surface area contributed by atoms with Gasteiger partial charge in [0.05, 0.1) is 6.10 Å². The number of aryl methyl sites for hydroxylation is 1. The SMILES string of the molecule is Cc1cc(/C=C(/C#N)C(=O)NC[C@@H]2CCCO2)ccc1F. The van der Waals surface area contributed by atoms with E-state index in [-0.39, 0.29) is 17.5 Å². The molecule has 1 atom stereocenters. The minimum atomic E-state index is -0.435. The van der Waals surface area contributed by atoms with Crippen molar-refractivity contribution in [3.63, 3.8) is 0 Å². The molecule has 1 saturated heterocycles. The Bertz CT molecular complexity index is 599. The van der Waals surface area contributed by atoms with E-state index in [0.717, 1.165) is 19.4 Å². The molecule has 0 bridgehead atoms. The number of amides is 1. The molecule has 1 amide bonds. The molecule has 1 aliphatic heterocycles. The monoisotopic (exact) mass is 288 g/mol. The zero-order valence-electron chi connectivity index (χ0n) is 11.9. The lowest BCUT2D eigenvalue weighted by Gasteiger charge is -2.10. The first-order valence-electron chi connectivity index (χ1n) is 6.88. The van der Waals surface area contributed by atoms with Gasteiger partial charge in [0, 0.05) is 13.2 Å². The van der Waals surface area contributed by atoms with Gasteiger partial charge in [0.1, 0.15) is 17.5 Å². The van der Waals surface area contributed by atoms with Gasteiger partial charge >= 0.3 is 0 Å². The predicted octanol–water partition coefficient (Wildman–Crippen LogP) is 2.34. The van der Waals surface area contributed by atoms with E-state index < -0.39 is 5.91 Å². The maximum Gasteiger partial charge on any atom is 0.262 e. The van der Waals surface area contributed by atoms with Crippen molar-refractivity contribution >= 4 is 12.0 Å². The molecule has 110 valence electrons. The molecule has 1 aromatic rings. The van der Waals surface area contributed by atoms with Gasteiger partial charge in [-0.15, -0.1) is 0 Å². The summed E-state index contributed by atoms with van der Waals surface area (Å²) in [6.45, 7) is 2.76. The topological polar surface area (TPSA) is 62.1 Å². The van der Waals surface area contributed by atoms with Gasteiger partial charge in [0.25, 0.3) is 5.91 Å². The fraction of sp³-hybridized carbons (Fsp3) is 0.375. The maximum absolute atomic E-state index is 13.2. The lowest BCUT2D eigenvalue weighted by atomic mass is 10.1. The third-order valence-corrected chi connectivity index (χ3v) is 3.37. The smallest absolute Gasteiger partial charge is 0.262 e. The van der Waals surface area contributed by atoms with Crippen LogP contribution >= 0.6 is 0 Å². The first-order chi connectivity index (χ1) is 10.1. The summed E-state index contributed by atoms with van der Waals surface area (Å²) in [6, 6.07) is 6.33. The van der Waals surface area contributed by atoms with Gasteiger partial charge in [-0.1, -0.05) is 6.07 Å². The Morgan fingerprint density at radius 1 is 1.62 bits per heavy atom. The summed E-state index contributed by atoms with van der Waals surface area (Å²) >= 11 is 0. The van der Waals surface area contributed by atoms with E-state index in [4.69, 9.17) is 10.00 Å². The maximum atomic E-state index is 13.2. The minimum absolute atomic E-state index is 0.000921. The Morgan fingerprint density at radius 3 is 3.05 bits per heavy atom. The molecule has 0 spiro atoms. The molecule has 5 heteroatoms. The van der Waals surface area contributed by atoms with E-state index in [2.05, 4.69) is 5.32 Å². The van der Waals surface area contributed by atoms with Crippen molar-refractivity contribution in [2.75, 3.05) is 13.2 Å². The van der Waals surface area contributed by atoms with Gasteiger partial charge in [-0.05, 0) is 49.1 Å².